The molecule has 0 aromatic rings. The topological polar surface area (TPSA) is 117 Å². The predicted molar refractivity (Wildman–Crippen MR) is 77.3 cm³/mol. The highest BCUT2D eigenvalue weighted by Crippen LogP contribution is 2.45. The predicted octanol–water partition coefficient (Wildman–Crippen LogP) is 0.0643. The number of rotatable bonds is 4. The van der Waals surface area contributed by atoms with Gasteiger partial charge >= 0.3 is 18.0 Å². The summed E-state index contributed by atoms with van der Waals surface area (Å²) in [6.07, 6.45) is -2.04. The van der Waals surface area contributed by atoms with Gasteiger partial charge in [0.15, 0.2) is 5.72 Å². The van der Waals surface area contributed by atoms with Gasteiger partial charge in [0.25, 0.3) is 0 Å². The number of amides is 2. The number of hydroxylamine groups is 2. The van der Waals surface area contributed by atoms with Crippen molar-refractivity contribution in [1.82, 2.24) is 9.96 Å². The molecule has 1 rings (SSSR count). The molecule has 0 radical (unpaired) electrons. The van der Waals surface area contributed by atoms with Crippen molar-refractivity contribution in [2.24, 2.45) is 11.3 Å². The number of carbonyl (C=O) groups excluding carboxylic acids is 3. The van der Waals surface area contributed by atoms with Gasteiger partial charge in [-0.2, -0.15) is 5.06 Å². The Bertz CT molecular complexity index is 505. The smallest absolute Gasteiger partial charge is 0.358 e. The number of hydrogen-bond acceptors (Lipinski definition) is 7. The normalized spacial score (nSPS) is 25.3. The highest BCUT2D eigenvalue weighted by molar-refractivity contribution is 5.84. The summed E-state index contributed by atoms with van der Waals surface area (Å²) in [5.74, 6) is -2.38. The van der Waals surface area contributed by atoms with Crippen LogP contribution in [0.3, 0.4) is 0 Å². The molecule has 0 aliphatic carbocycles. The molecule has 1 saturated heterocycles. The number of carbonyl (C=O) groups is 3. The summed E-state index contributed by atoms with van der Waals surface area (Å²) in [5, 5.41) is 22.0. The molecule has 132 valence electrons. The number of esters is 1. The molecule has 1 aliphatic rings. The lowest BCUT2D eigenvalue weighted by molar-refractivity contribution is -0.282. The summed E-state index contributed by atoms with van der Waals surface area (Å²) in [6.45, 7) is 7.57. The first-order valence-corrected chi connectivity index (χ1v) is 7.17. The van der Waals surface area contributed by atoms with Gasteiger partial charge in [-0.3, -0.25) is 9.69 Å². The molecule has 9 heteroatoms. The minimum Gasteiger partial charge on any atom is -0.466 e. The van der Waals surface area contributed by atoms with E-state index in [1.807, 2.05) is 0 Å². The van der Waals surface area contributed by atoms with E-state index in [0.29, 0.717) is 9.96 Å². The second-order valence-electron chi connectivity index (χ2n) is 6.43. The number of ether oxygens (including phenoxy) is 1. The van der Waals surface area contributed by atoms with Crippen LogP contribution in [-0.4, -0.2) is 63.8 Å². The van der Waals surface area contributed by atoms with E-state index in [0.717, 1.165) is 14.0 Å². The van der Waals surface area contributed by atoms with Gasteiger partial charge in [-0.05, 0) is 0 Å². The fraction of sp³-hybridized carbons (Fsp3) is 0.786. The molecule has 2 atom stereocenters. The van der Waals surface area contributed by atoms with Crippen molar-refractivity contribution in [3.05, 3.63) is 0 Å². The lowest BCUT2D eigenvalue weighted by Crippen LogP contribution is -2.75. The van der Waals surface area contributed by atoms with E-state index in [2.05, 4.69) is 4.74 Å². The van der Waals surface area contributed by atoms with Gasteiger partial charge in [0, 0.05) is 18.3 Å². The van der Waals surface area contributed by atoms with Crippen molar-refractivity contribution in [3.63, 3.8) is 0 Å². The van der Waals surface area contributed by atoms with Crippen LogP contribution in [0, 0.1) is 11.3 Å². The van der Waals surface area contributed by atoms with Gasteiger partial charge < -0.3 is 19.8 Å². The molecule has 1 aliphatic heterocycles. The standard InChI is InChI=1S/C14H24N2O7/c1-8(2)14(21)13(4,5)7-15(23-9(3)17)12(20)16(14)10(18)11(19)22-6/h8,10,18,21H,7H2,1-6H3. The third-order valence-corrected chi connectivity index (χ3v) is 4.02. The zero-order valence-corrected chi connectivity index (χ0v) is 14.2. The van der Waals surface area contributed by atoms with Crippen molar-refractivity contribution in [2.45, 2.75) is 46.6 Å². The van der Waals surface area contributed by atoms with E-state index in [1.54, 1.807) is 27.7 Å². The van der Waals surface area contributed by atoms with Crippen LogP contribution in [0.25, 0.3) is 0 Å². The summed E-state index contributed by atoms with van der Waals surface area (Å²) in [5.41, 5.74) is -2.89. The Morgan fingerprint density at radius 1 is 1.30 bits per heavy atom. The molecule has 1 heterocycles. The van der Waals surface area contributed by atoms with Crippen LogP contribution in [0.4, 0.5) is 4.79 Å². The van der Waals surface area contributed by atoms with Crippen LogP contribution in [0.15, 0.2) is 0 Å². The highest BCUT2D eigenvalue weighted by atomic mass is 16.7. The van der Waals surface area contributed by atoms with Crippen LogP contribution in [0.5, 0.6) is 0 Å². The van der Waals surface area contributed by atoms with E-state index in [1.165, 1.54) is 0 Å². The number of aliphatic hydroxyl groups is 2. The maximum atomic E-state index is 12.6. The molecule has 2 N–H and O–H groups in total. The Morgan fingerprint density at radius 2 is 1.83 bits per heavy atom. The van der Waals surface area contributed by atoms with Gasteiger partial charge in [0.05, 0.1) is 13.7 Å². The Morgan fingerprint density at radius 3 is 2.22 bits per heavy atom. The fourth-order valence-electron chi connectivity index (χ4n) is 2.92. The molecular formula is C14H24N2O7. The second-order valence-corrected chi connectivity index (χ2v) is 6.43. The molecule has 23 heavy (non-hydrogen) atoms. The number of methoxy groups -OCH3 is 1. The van der Waals surface area contributed by atoms with E-state index in [9.17, 15) is 24.6 Å². The summed E-state index contributed by atoms with van der Waals surface area (Å²) in [4.78, 5) is 40.9. The van der Waals surface area contributed by atoms with Crippen molar-refractivity contribution < 1.29 is 34.2 Å². The Labute approximate surface area is 134 Å². The third kappa shape index (κ3) is 3.11. The summed E-state index contributed by atoms with van der Waals surface area (Å²) in [6, 6.07) is -1.01. The van der Waals surface area contributed by atoms with Gasteiger partial charge in [0.1, 0.15) is 0 Å². The molecule has 0 aromatic heterocycles. The quantitative estimate of drug-likeness (QED) is 0.699. The number of nitrogens with zero attached hydrogens (tertiary/aromatic N) is 2. The zero-order chi connectivity index (χ0) is 18.2. The number of aliphatic hydroxyl groups excluding tert-OH is 1. The summed E-state index contributed by atoms with van der Waals surface area (Å²) < 4.78 is 4.45. The first-order chi connectivity index (χ1) is 10.4. The Hall–Kier alpha value is -1.87. The van der Waals surface area contributed by atoms with E-state index < -0.39 is 41.3 Å². The van der Waals surface area contributed by atoms with Crippen molar-refractivity contribution in [1.29, 1.82) is 0 Å². The fourth-order valence-corrected chi connectivity index (χ4v) is 2.92. The zero-order valence-electron chi connectivity index (χ0n) is 14.2. The molecule has 0 aromatic carbocycles. The first kappa shape index (κ1) is 19.2. The Kier molecular flexibility index (Phi) is 5.27. The first-order valence-electron chi connectivity index (χ1n) is 7.17. The van der Waals surface area contributed by atoms with Crippen LogP contribution in [-0.2, 0) is 19.2 Å². The maximum Gasteiger partial charge on any atom is 0.358 e. The molecule has 9 nitrogen and oxygen atoms in total. The molecule has 2 amide bonds. The maximum absolute atomic E-state index is 12.6. The molecular weight excluding hydrogens is 308 g/mol. The second kappa shape index (κ2) is 6.32. The van der Waals surface area contributed by atoms with Crippen LogP contribution in [0.2, 0.25) is 0 Å². The monoisotopic (exact) mass is 332 g/mol. The van der Waals surface area contributed by atoms with E-state index in [-0.39, 0.29) is 6.54 Å². The van der Waals surface area contributed by atoms with Crippen molar-refractivity contribution in [3.8, 4) is 0 Å². The number of urea groups is 1. The molecule has 0 bridgehead atoms. The minimum absolute atomic E-state index is 0.107. The molecule has 1 fully saturated rings. The summed E-state index contributed by atoms with van der Waals surface area (Å²) >= 11 is 0. The van der Waals surface area contributed by atoms with Crippen molar-refractivity contribution >= 4 is 18.0 Å². The summed E-state index contributed by atoms with van der Waals surface area (Å²) in [7, 11) is 1.05. The molecule has 0 spiro atoms. The highest BCUT2D eigenvalue weighted by Gasteiger charge is 2.61. The van der Waals surface area contributed by atoms with Gasteiger partial charge in [0.2, 0.25) is 6.23 Å². The number of hydrogen-bond donors (Lipinski definition) is 2. The van der Waals surface area contributed by atoms with E-state index in [4.69, 9.17) is 4.84 Å². The van der Waals surface area contributed by atoms with Gasteiger partial charge in [-0.1, -0.05) is 27.7 Å². The van der Waals surface area contributed by atoms with Crippen LogP contribution < -0.4 is 0 Å². The molecule has 2 unspecified atom stereocenters. The van der Waals surface area contributed by atoms with E-state index >= 15 is 0 Å². The lowest BCUT2D eigenvalue weighted by Gasteiger charge is -2.57. The SMILES string of the molecule is COC(=O)C(O)N1C(=O)N(OC(C)=O)CC(C)(C)C1(O)C(C)C. The van der Waals surface area contributed by atoms with Gasteiger partial charge in [-0.15, -0.1) is 0 Å². The average molecular weight is 332 g/mol. The Balaban J connectivity index is 3.42. The average Bonchev–Trinajstić information content (AvgIpc) is 2.42. The van der Waals surface area contributed by atoms with Crippen LogP contribution >= 0.6 is 0 Å². The minimum atomic E-state index is -2.04. The lowest BCUT2D eigenvalue weighted by atomic mass is 9.72. The molecule has 0 saturated carbocycles. The largest absolute Gasteiger partial charge is 0.466 e. The van der Waals surface area contributed by atoms with Gasteiger partial charge in [-0.25, -0.2) is 9.59 Å². The van der Waals surface area contributed by atoms with Crippen molar-refractivity contribution in [2.75, 3.05) is 13.7 Å². The third-order valence-electron chi connectivity index (χ3n) is 4.02. The van der Waals surface area contributed by atoms with Crippen LogP contribution in [0.1, 0.15) is 34.6 Å².